The van der Waals surface area contributed by atoms with Gasteiger partial charge in [-0.05, 0) is 42.5 Å². The molecule has 0 unspecified atom stereocenters. The first-order valence-corrected chi connectivity index (χ1v) is 14.1. The minimum Gasteiger partial charge on any atom is -0.467 e. The molecule has 0 bridgehead atoms. The number of hydrogen-bond donors (Lipinski definition) is 1. The Labute approximate surface area is 254 Å². The van der Waals surface area contributed by atoms with Crippen LogP contribution in [0.3, 0.4) is 0 Å². The number of esters is 1. The molecule has 11 nitrogen and oxygen atoms in total. The Balaban J connectivity index is 1.26. The summed E-state index contributed by atoms with van der Waals surface area (Å²) < 4.78 is 7.66. The lowest BCUT2D eigenvalue weighted by Crippen LogP contribution is -2.53. The van der Waals surface area contributed by atoms with E-state index < -0.39 is 22.8 Å². The Morgan fingerprint density at radius 2 is 1.65 bits per heavy atom. The van der Waals surface area contributed by atoms with Crippen molar-refractivity contribution in [2.24, 2.45) is 0 Å². The van der Waals surface area contributed by atoms with Gasteiger partial charge in [0, 0.05) is 37.1 Å². The molecule has 3 heterocycles. The summed E-state index contributed by atoms with van der Waals surface area (Å²) in [6, 6.07) is 18.2. The molecule has 218 valence electrons. The summed E-state index contributed by atoms with van der Waals surface area (Å²) in [5.74, 6) is -0.824. The number of nitrogens with zero attached hydrogens (tertiary/aromatic N) is 5. The second-order valence-electron chi connectivity index (χ2n) is 10.1. The van der Waals surface area contributed by atoms with Gasteiger partial charge in [-0.2, -0.15) is 0 Å². The van der Waals surface area contributed by atoms with Crippen LogP contribution < -0.4 is 11.2 Å². The largest absolute Gasteiger partial charge is 0.467 e. The summed E-state index contributed by atoms with van der Waals surface area (Å²) >= 11 is 12.7. The number of methoxy groups -OCH3 is 1. The fourth-order valence-electron chi connectivity index (χ4n) is 5.47. The highest BCUT2D eigenvalue weighted by molar-refractivity contribution is 6.39. The molecule has 0 radical (unpaired) electrons. The number of para-hydroxylation sites is 1. The van der Waals surface area contributed by atoms with E-state index in [4.69, 9.17) is 27.9 Å². The van der Waals surface area contributed by atoms with E-state index in [1.807, 2.05) is 0 Å². The highest BCUT2D eigenvalue weighted by Crippen LogP contribution is 2.36. The van der Waals surface area contributed by atoms with Crippen LogP contribution in [0.1, 0.15) is 23.2 Å². The molecule has 1 aliphatic heterocycles. The third kappa shape index (κ3) is 4.90. The zero-order chi connectivity index (χ0) is 30.3. The average molecular weight is 619 g/mol. The summed E-state index contributed by atoms with van der Waals surface area (Å²) in [6.45, 7) is 0.417. The van der Waals surface area contributed by atoms with Crippen LogP contribution in [0, 0.1) is 0 Å². The molecule has 0 aliphatic carbocycles. The molecule has 5 aromatic rings. The van der Waals surface area contributed by atoms with Gasteiger partial charge in [0.2, 0.25) is 0 Å². The van der Waals surface area contributed by atoms with Crippen LogP contribution in [0.4, 0.5) is 0 Å². The fraction of sp³-hybridized carbons (Fsp3) is 0.200. The smallest absolute Gasteiger partial charge is 0.334 e. The van der Waals surface area contributed by atoms with Gasteiger partial charge in [-0.1, -0.05) is 52.7 Å². The van der Waals surface area contributed by atoms with Crippen molar-refractivity contribution in [1.82, 2.24) is 29.4 Å². The summed E-state index contributed by atoms with van der Waals surface area (Å²) in [5, 5.41) is 9.49. The van der Waals surface area contributed by atoms with Crippen molar-refractivity contribution < 1.29 is 14.3 Å². The number of aromatic nitrogens is 5. The predicted molar refractivity (Wildman–Crippen MR) is 161 cm³/mol. The third-order valence-corrected chi connectivity index (χ3v) is 8.38. The number of halogens is 2. The first-order valence-electron chi connectivity index (χ1n) is 13.3. The number of aromatic amines is 1. The van der Waals surface area contributed by atoms with Gasteiger partial charge in [0.15, 0.2) is 5.54 Å². The lowest BCUT2D eigenvalue weighted by Gasteiger charge is -2.39. The molecule has 1 saturated heterocycles. The van der Waals surface area contributed by atoms with Crippen molar-refractivity contribution in [2.45, 2.75) is 18.4 Å². The number of amides is 1. The van der Waals surface area contributed by atoms with E-state index in [2.05, 4.69) is 15.3 Å². The minimum absolute atomic E-state index is 0.205. The number of rotatable bonds is 5. The topological polar surface area (TPSA) is 132 Å². The van der Waals surface area contributed by atoms with Crippen LogP contribution in [0.25, 0.3) is 27.8 Å². The van der Waals surface area contributed by atoms with E-state index in [0.29, 0.717) is 32.6 Å². The Morgan fingerprint density at radius 1 is 0.953 bits per heavy atom. The van der Waals surface area contributed by atoms with Crippen LogP contribution in [-0.2, 0) is 15.1 Å². The van der Waals surface area contributed by atoms with Gasteiger partial charge < -0.3 is 14.6 Å². The maximum Gasteiger partial charge on any atom is 0.334 e. The number of H-pyrrole nitrogens is 1. The molecular weight excluding hydrogens is 595 g/mol. The van der Waals surface area contributed by atoms with E-state index in [-0.39, 0.29) is 42.7 Å². The van der Waals surface area contributed by atoms with Gasteiger partial charge in [-0.3, -0.25) is 9.59 Å². The Kier molecular flexibility index (Phi) is 7.37. The first kappa shape index (κ1) is 28.4. The van der Waals surface area contributed by atoms with E-state index in [1.54, 1.807) is 65.7 Å². The van der Waals surface area contributed by atoms with Crippen LogP contribution in [-0.4, -0.2) is 61.5 Å². The fourth-order valence-corrected chi connectivity index (χ4v) is 6.06. The summed E-state index contributed by atoms with van der Waals surface area (Å²) in [7, 11) is 1.30. The van der Waals surface area contributed by atoms with E-state index in [1.165, 1.54) is 23.9 Å². The molecule has 43 heavy (non-hydrogen) atoms. The molecule has 2 aromatic heterocycles. The molecule has 1 N–H and O–H groups in total. The normalized spacial score (nSPS) is 14.5. The number of likely N-dealkylation sites (tertiary alicyclic amines) is 1. The molecule has 1 amide bonds. The molecule has 1 aliphatic rings. The number of carbonyl (C=O) groups is 2. The number of ether oxygens (including phenoxy) is 1. The molecule has 0 atom stereocenters. The summed E-state index contributed by atoms with van der Waals surface area (Å²) in [4.78, 5) is 56.9. The second kappa shape index (κ2) is 11.2. The average Bonchev–Trinajstić information content (AvgIpc) is 3.51. The lowest BCUT2D eigenvalue weighted by molar-refractivity contribution is -0.154. The van der Waals surface area contributed by atoms with Crippen molar-refractivity contribution in [3.63, 3.8) is 0 Å². The van der Waals surface area contributed by atoms with Crippen LogP contribution in [0.15, 0.2) is 82.5 Å². The molecule has 3 aromatic carbocycles. The van der Waals surface area contributed by atoms with Crippen molar-refractivity contribution in [3.8, 4) is 16.9 Å². The van der Waals surface area contributed by atoms with E-state index in [9.17, 15) is 19.2 Å². The van der Waals surface area contributed by atoms with Gasteiger partial charge in [-0.15, -0.1) is 5.10 Å². The van der Waals surface area contributed by atoms with Gasteiger partial charge in [0.25, 0.3) is 11.5 Å². The standard InChI is InChI=1S/C30H24Cl2N6O5/c1-43-28(41)30(37-17-24(34-35-37)25-21(31)8-5-9-22(25)32)12-14-36(15-13-30)26(39)18-10-11-20-23(16-18)33-29(42)38(27(20)40)19-6-3-2-4-7-19/h2-11,16-17H,12-15H2,1H3,(H,33,42). The van der Waals surface area contributed by atoms with Crippen molar-refractivity contribution >= 4 is 46.0 Å². The Bertz CT molecular complexity index is 1970. The molecule has 1 fully saturated rings. The highest BCUT2D eigenvalue weighted by atomic mass is 35.5. The lowest BCUT2D eigenvalue weighted by atomic mass is 9.87. The maximum atomic E-state index is 13.5. The first-order chi connectivity index (χ1) is 20.7. The third-order valence-electron chi connectivity index (χ3n) is 7.75. The number of fused-ring (bicyclic) bond motifs is 1. The van der Waals surface area contributed by atoms with E-state index in [0.717, 1.165) is 4.57 Å². The summed E-state index contributed by atoms with van der Waals surface area (Å²) in [6.07, 6.45) is 2.01. The number of hydrogen-bond acceptors (Lipinski definition) is 7. The van der Waals surface area contributed by atoms with Crippen molar-refractivity contribution in [1.29, 1.82) is 0 Å². The number of piperidine rings is 1. The number of carbonyl (C=O) groups excluding carboxylic acids is 2. The molecular formula is C30H24Cl2N6O5. The maximum absolute atomic E-state index is 13.5. The molecule has 0 saturated carbocycles. The number of nitrogens with one attached hydrogen (secondary N) is 1. The summed E-state index contributed by atoms with van der Waals surface area (Å²) in [5.41, 5.74) is -0.434. The number of benzene rings is 3. The van der Waals surface area contributed by atoms with E-state index >= 15 is 0 Å². The zero-order valence-corrected chi connectivity index (χ0v) is 24.3. The van der Waals surface area contributed by atoms with Gasteiger partial charge in [0.05, 0.1) is 39.9 Å². The van der Waals surface area contributed by atoms with Crippen LogP contribution in [0.5, 0.6) is 0 Å². The zero-order valence-electron chi connectivity index (χ0n) is 22.8. The predicted octanol–water partition coefficient (Wildman–Crippen LogP) is 4.05. The minimum atomic E-state index is -1.21. The molecule has 0 spiro atoms. The van der Waals surface area contributed by atoms with Crippen molar-refractivity contribution in [2.75, 3.05) is 20.2 Å². The van der Waals surface area contributed by atoms with Crippen LogP contribution >= 0.6 is 23.2 Å². The van der Waals surface area contributed by atoms with Gasteiger partial charge in [0.1, 0.15) is 5.69 Å². The highest BCUT2D eigenvalue weighted by Gasteiger charge is 2.46. The molecule has 6 rings (SSSR count). The van der Waals surface area contributed by atoms with Crippen molar-refractivity contribution in [3.05, 3.63) is 109 Å². The second-order valence-corrected chi connectivity index (χ2v) is 10.9. The quantitative estimate of drug-likeness (QED) is 0.294. The monoisotopic (exact) mass is 618 g/mol. The van der Waals surface area contributed by atoms with Crippen LogP contribution in [0.2, 0.25) is 10.0 Å². The SMILES string of the molecule is COC(=O)C1(n2cc(-c3c(Cl)cccc3Cl)nn2)CCN(C(=O)c2ccc3c(=O)n(-c4ccccc4)c(=O)[nH]c3c2)CC1. The van der Waals surface area contributed by atoms with Gasteiger partial charge in [-0.25, -0.2) is 18.8 Å². The molecule has 13 heteroatoms. The van der Waals surface area contributed by atoms with Gasteiger partial charge >= 0.3 is 11.7 Å². The Hall–Kier alpha value is -4.74. The Morgan fingerprint density at radius 3 is 2.33 bits per heavy atom.